The first-order valence-corrected chi connectivity index (χ1v) is 4.51. The third-order valence-electron chi connectivity index (χ3n) is 2.03. The molecule has 1 heterocycles. The van der Waals surface area contributed by atoms with Gasteiger partial charge in [0, 0.05) is 11.6 Å². The van der Waals surface area contributed by atoms with E-state index in [4.69, 9.17) is 17.3 Å². The zero-order valence-corrected chi connectivity index (χ0v) is 8.25. The normalized spacial score (nSPS) is 10.5. The minimum Gasteiger partial charge on any atom is -0.366 e. The van der Waals surface area contributed by atoms with Gasteiger partial charge in [-0.2, -0.15) is 0 Å². The monoisotopic (exact) mass is 224 g/mol. The number of benzene rings is 1. The van der Waals surface area contributed by atoms with E-state index in [-0.39, 0.29) is 10.6 Å². The van der Waals surface area contributed by atoms with Crippen LogP contribution in [0.3, 0.4) is 0 Å². The van der Waals surface area contributed by atoms with Crippen LogP contribution in [0.2, 0.25) is 5.02 Å². The number of halogens is 2. The Morgan fingerprint density at radius 3 is 2.87 bits per heavy atom. The van der Waals surface area contributed by atoms with Crippen LogP contribution in [0.1, 0.15) is 10.4 Å². The fourth-order valence-electron chi connectivity index (χ4n) is 1.28. The first-order valence-electron chi connectivity index (χ1n) is 4.13. The minimum atomic E-state index is -0.579. The Hall–Kier alpha value is -1.68. The van der Waals surface area contributed by atoms with Crippen LogP contribution in [0.25, 0.3) is 10.9 Å². The van der Waals surface area contributed by atoms with Gasteiger partial charge < -0.3 is 5.73 Å². The molecule has 2 rings (SSSR count). The summed E-state index contributed by atoms with van der Waals surface area (Å²) in [7, 11) is 0. The van der Waals surface area contributed by atoms with Crippen molar-refractivity contribution in [2.45, 2.75) is 0 Å². The van der Waals surface area contributed by atoms with Crippen LogP contribution in [0.5, 0.6) is 0 Å². The lowest BCUT2D eigenvalue weighted by molar-refractivity contribution is 0.1000. The van der Waals surface area contributed by atoms with Gasteiger partial charge in [-0.3, -0.25) is 9.78 Å². The van der Waals surface area contributed by atoms with Crippen molar-refractivity contribution in [3.8, 4) is 0 Å². The van der Waals surface area contributed by atoms with Gasteiger partial charge in [-0.1, -0.05) is 11.6 Å². The smallest absolute Gasteiger partial charge is 0.250 e. The van der Waals surface area contributed by atoms with E-state index in [0.29, 0.717) is 10.9 Å². The summed E-state index contributed by atoms with van der Waals surface area (Å²) in [5.74, 6) is -1.12. The number of nitrogens with zero attached hydrogens (tertiary/aromatic N) is 1. The lowest BCUT2D eigenvalue weighted by Crippen LogP contribution is -2.11. The number of nitrogens with two attached hydrogens (primary N) is 1. The van der Waals surface area contributed by atoms with Crippen molar-refractivity contribution in [2.75, 3.05) is 0 Å². The number of pyridine rings is 1. The van der Waals surface area contributed by atoms with Crippen LogP contribution in [0.15, 0.2) is 24.4 Å². The van der Waals surface area contributed by atoms with Crippen LogP contribution in [0.4, 0.5) is 4.39 Å². The zero-order chi connectivity index (χ0) is 11.0. The Bertz CT molecular complexity index is 556. The summed E-state index contributed by atoms with van der Waals surface area (Å²) >= 11 is 5.70. The predicted octanol–water partition coefficient (Wildman–Crippen LogP) is 2.13. The molecule has 1 amide bonds. The molecule has 0 spiro atoms. The number of rotatable bonds is 1. The lowest BCUT2D eigenvalue weighted by Gasteiger charge is -2.02. The molecule has 0 saturated carbocycles. The molecule has 0 aliphatic carbocycles. The minimum absolute atomic E-state index is 0.0523. The number of fused-ring (bicyclic) bond motifs is 1. The van der Waals surface area contributed by atoms with Crippen molar-refractivity contribution in [1.82, 2.24) is 4.98 Å². The number of hydrogen-bond acceptors (Lipinski definition) is 2. The summed E-state index contributed by atoms with van der Waals surface area (Å²) in [4.78, 5) is 14.8. The highest BCUT2D eigenvalue weighted by Gasteiger charge is 2.08. The van der Waals surface area contributed by atoms with E-state index >= 15 is 0 Å². The van der Waals surface area contributed by atoms with E-state index in [1.807, 2.05) is 0 Å². The number of hydrogen-bond donors (Lipinski definition) is 1. The summed E-state index contributed by atoms with van der Waals surface area (Å²) in [6.07, 6.45) is 1.27. The number of amides is 1. The molecule has 0 aliphatic heterocycles. The van der Waals surface area contributed by atoms with Crippen LogP contribution in [-0.2, 0) is 0 Å². The number of carbonyl (C=O) groups excluding carboxylic acids is 1. The largest absolute Gasteiger partial charge is 0.366 e. The molecule has 15 heavy (non-hydrogen) atoms. The van der Waals surface area contributed by atoms with Crippen molar-refractivity contribution in [3.63, 3.8) is 0 Å². The van der Waals surface area contributed by atoms with Gasteiger partial charge in [0.25, 0.3) is 0 Å². The highest BCUT2D eigenvalue weighted by atomic mass is 35.5. The first kappa shape index (κ1) is 9.86. The Balaban J connectivity index is 2.75. The predicted molar refractivity (Wildman–Crippen MR) is 55.2 cm³/mol. The van der Waals surface area contributed by atoms with Gasteiger partial charge in [-0.15, -0.1) is 0 Å². The van der Waals surface area contributed by atoms with E-state index in [1.165, 1.54) is 24.4 Å². The number of primary amides is 1. The molecule has 2 N–H and O–H groups in total. The Morgan fingerprint density at radius 2 is 2.20 bits per heavy atom. The van der Waals surface area contributed by atoms with E-state index < -0.39 is 11.7 Å². The topological polar surface area (TPSA) is 56.0 Å². The van der Waals surface area contributed by atoms with Crippen molar-refractivity contribution in [2.24, 2.45) is 5.73 Å². The van der Waals surface area contributed by atoms with Gasteiger partial charge in [-0.25, -0.2) is 4.39 Å². The molecule has 1 aromatic heterocycles. The van der Waals surface area contributed by atoms with Crippen LogP contribution < -0.4 is 5.73 Å². The summed E-state index contributed by atoms with van der Waals surface area (Å²) < 4.78 is 13.0. The molecule has 0 aliphatic rings. The molecule has 1 aromatic carbocycles. The highest BCUT2D eigenvalue weighted by Crippen LogP contribution is 2.24. The van der Waals surface area contributed by atoms with Crippen LogP contribution in [0, 0.1) is 5.82 Å². The molecule has 0 saturated heterocycles. The van der Waals surface area contributed by atoms with Gasteiger partial charge in [0.2, 0.25) is 5.91 Å². The molecule has 0 fully saturated rings. The first-order chi connectivity index (χ1) is 7.09. The lowest BCUT2D eigenvalue weighted by atomic mass is 10.1. The Morgan fingerprint density at radius 1 is 1.47 bits per heavy atom. The fraction of sp³-hybridized carbons (Fsp3) is 0. The van der Waals surface area contributed by atoms with E-state index in [0.717, 1.165) is 0 Å². The Kier molecular flexibility index (Phi) is 2.28. The third-order valence-corrected chi connectivity index (χ3v) is 2.39. The Labute approximate surface area is 89.7 Å². The molecule has 5 heteroatoms. The van der Waals surface area contributed by atoms with E-state index in [1.54, 1.807) is 0 Å². The van der Waals surface area contributed by atoms with Crippen molar-refractivity contribution in [3.05, 3.63) is 40.8 Å². The number of aromatic nitrogens is 1. The summed E-state index contributed by atoms with van der Waals surface area (Å²) in [5, 5.41) is 0.529. The highest BCUT2D eigenvalue weighted by molar-refractivity contribution is 6.35. The van der Waals surface area contributed by atoms with Crippen molar-refractivity contribution in [1.29, 1.82) is 0 Å². The molecule has 2 aromatic rings. The maximum Gasteiger partial charge on any atom is 0.250 e. The third kappa shape index (κ3) is 1.64. The average Bonchev–Trinajstić information content (AvgIpc) is 2.23. The molecule has 76 valence electrons. The zero-order valence-electron chi connectivity index (χ0n) is 7.50. The summed E-state index contributed by atoms with van der Waals surface area (Å²) in [6, 6.07) is 4.24. The molecule has 0 radical (unpaired) electrons. The standard InChI is InChI=1S/C10H6ClFN2O/c11-8-7(12)2-1-5-3-6(10(13)15)4-14-9(5)8/h1-4H,(H2,13,15). The molecule has 3 nitrogen and oxygen atoms in total. The molecule has 0 atom stereocenters. The quantitative estimate of drug-likeness (QED) is 0.807. The molecule has 0 unspecified atom stereocenters. The summed E-state index contributed by atoms with van der Waals surface area (Å²) in [6.45, 7) is 0. The van der Waals surface area contributed by atoms with Crippen LogP contribution >= 0.6 is 11.6 Å². The second kappa shape index (κ2) is 3.47. The summed E-state index contributed by atoms with van der Waals surface area (Å²) in [5.41, 5.74) is 5.68. The second-order valence-corrected chi connectivity index (χ2v) is 3.40. The maximum atomic E-state index is 13.0. The van der Waals surface area contributed by atoms with Crippen molar-refractivity contribution < 1.29 is 9.18 Å². The molecular weight excluding hydrogens is 219 g/mol. The average molecular weight is 225 g/mol. The SMILES string of the molecule is NC(=O)c1cnc2c(Cl)c(F)ccc2c1. The van der Waals surface area contributed by atoms with Crippen LogP contribution in [-0.4, -0.2) is 10.9 Å². The van der Waals surface area contributed by atoms with E-state index in [2.05, 4.69) is 4.98 Å². The fourth-order valence-corrected chi connectivity index (χ4v) is 1.50. The van der Waals surface area contributed by atoms with Gasteiger partial charge in [0.1, 0.15) is 10.8 Å². The number of carbonyl (C=O) groups is 1. The van der Waals surface area contributed by atoms with Crippen molar-refractivity contribution >= 4 is 28.4 Å². The molecular formula is C10H6ClFN2O. The van der Waals surface area contributed by atoms with Gasteiger partial charge in [0.15, 0.2) is 0 Å². The second-order valence-electron chi connectivity index (χ2n) is 3.02. The van der Waals surface area contributed by atoms with Gasteiger partial charge in [0.05, 0.1) is 11.1 Å². The molecule has 0 bridgehead atoms. The van der Waals surface area contributed by atoms with E-state index in [9.17, 15) is 9.18 Å². The van der Waals surface area contributed by atoms with Gasteiger partial charge in [-0.05, 0) is 18.2 Å². The maximum absolute atomic E-state index is 13.0. The van der Waals surface area contributed by atoms with Gasteiger partial charge >= 0.3 is 0 Å².